The first-order valence-corrected chi connectivity index (χ1v) is 7.07. The molecule has 0 heterocycles. The first kappa shape index (κ1) is 17.0. The number of benzene rings is 1. The molecule has 1 N–H and O–H groups in total. The van der Waals surface area contributed by atoms with Crippen LogP contribution in [0, 0.1) is 0 Å². The Balaban J connectivity index is 2.49. The van der Waals surface area contributed by atoms with Crippen molar-refractivity contribution in [3.05, 3.63) is 29.8 Å². The predicted octanol–water partition coefficient (Wildman–Crippen LogP) is 2.86. The molecule has 1 amide bonds. The van der Waals surface area contributed by atoms with Crippen LogP contribution in [0.5, 0.6) is 5.75 Å². The summed E-state index contributed by atoms with van der Waals surface area (Å²) in [7, 11) is 3.39. The minimum absolute atomic E-state index is 0.0251. The lowest BCUT2D eigenvalue weighted by atomic mass is 10.1. The van der Waals surface area contributed by atoms with E-state index in [0.29, 0.717) is 19.3 Å². The Kier molecular flexibility index (Phi) is 6.72. The van der Waals surface area contributed by atoms with Gasteiger partial charge < -0.3 is 14.7 Å². The number of hydrogen-bond donors (Lipinski definition) is 1. The molecule has 0 saturated heterocycles. The van der Waals surface area contributed by atoms with E-state index >= 15 is 0 Å². The molecule has 0 radical (unpaired) electrons. The van der Waals surface area contributed by atoms with E-state index in [-0.39, 0.29) is 18.4 Å². The Morgan fingerprint density at radius 1 is 1.19 bits per heavy atom. The molecule has 0 saturated carbocycles. The average molecular weight is 293 g/mol. The van der Waals surface area contributed by atoms with Crippen LogP contribution in [0.1, 0.15) is 44.2 Å². The van der Waals surface area contributed by atoms with Crippen LogP contribution in [0.3, 0.4) is 0 Å². The van der Waals surface area contributed by atoms with Crippen molar-refractivity contribution < 1.29 is 19.4 Å². The Morgan fingerprint density at radius 2 is 1.76 bits per heavy atom. The second-order valence-corrected chi connectivity index (χ2v) is 5.05. The lowest BCUT2D eigenvalue weighted by Gasteiger charge is -2.25. The van der Waals surface area contributed by atoms with Gasteiger partial charge in [0.15, 0.2) is 0 Å². The summed E-state index contributed by atoms with van der Waals surface area (Å²) in [4.78, 5) is 24.2. The standard InChI is InChI=1S/C16H23NO4/c1-12(13-8-10-14(21-3)11-9-13)17(2)15(18)6-4-5-7-16(19)20/h8-12H,4-7H2,1-3H3,(H,19,20). The molecule has 116 valence electrons. The van der Waals surface area contributed by atoms with E-state index in [0.717, 1.165) is 11.3 Å². The summed E-state index contributed by atoms with van der Waals surface area (Å²) < 4.78 is 5.11. The van der Waals surface area contributed by atoms with E-state index < -0.39 is 5.97 Å². The summed E-state index contributed by atoms with van der Waals surface area (Å²) in [6.07, 6.45) is 1.63. The minimum atomic E-state index is -0.817. The fourth-order valence-electron chi connectivity index (χ4n) is 2.05. The first-order chi connectivity index (χ1) is 9.95. The normalized spacial score (nSPS) is 11.8. The minimum Gasteiger partial charge on any atom is -0.497 e. The maximum Gasteiger partial charge on any atom is 0.303 e. The molecule has 5 heteroatoms. The molecule has 0 fully saturated rings. The van der Waals surface area contributed by atoms with Crippen molar-refractivity contribution in [3.63, 3.8) is 0 Å². The molecule has 1 aromatic carbocycles. The van der Waals surface area contributed by atoms with Gasteiger partial charge in [-0.05, 0) is 37.5 Å². The van der Waals surface area contributed by atoms with E-state index in [2.05, 4.69) is 0 Å². The zero-order chi connectivity index (χ0) is 15.8. The fourth-order valence-corrected chi connectivity index (χ4v) is 2.05. The lowest BCUT2D eigenvalue weighted by molar-refractivity contribution is -0.137. The summed E-state index contributed by atoms with van der Waals surface area (Å²) in [6, 6.07) is 7.60. The third-order valence-electron chi connectivity index (χ3n) is 3.60. The number of unbranched alkanes of at least 4 members (excludes halogenated alkanes) is 1. The van der Waals surface area contributed by atoms with E-state index in [1.54, 1.807) is 19.1 Å². The van der Waals surface area contributed by atoms with Gasteiger partial charge in [0, 0.05) is 19.9 Å². The van der Waals surface area contributed by atoms with Crippen LogP contribution in [0.15, 0.2) is 24.3 Å². The van der Waals surface area contributed by atoms with Gasteiger partial charge in [-0.1, -0.05) is 12.1 Å². The summed E-state index contributed by atoms with van der Waals surface area (Å²) in [5, 5.41) is 8.56. The maximum atomic E-state index is 12.1. The zero-order valence-electron chi connectivity index (χ0n) is 12.8. The van der Waals surface area contributed by atoms with Crippen molar-refractivity contribution in [2.75, 3.05) is 14.2 Å². The number of carboxylic acids is 1. The number of carboxylic acid groups (broad SMARTS) is 1. The maximum absolute atomic E-state index is 12.1. The molecule has 1 unspecified atom stereocenters. The van der Waals surface area contributed by atoms with Gasteiger partial charge in [0.05, 0.1) is 13.2 Å². The Hall–Kier alpha value is -2.04. The molecule has 21 heavy (non-hydrogen) atoms. The number of nitrogens with zero attached hydrogens (tertiary/aromatic N) is 1. The first-order valence-electron chi connectivity index (χ1n) is 7.07. The number of carbonyl (C=O) groups is 2. The van der Waals surface area contributed by atoms with Crippen LogP contribution in [-0.4, -0.2) is 36.0 Å². The van der Waals surface area contributed by atoms with Gasteiger partial charge in [-0.15, -0.1) is 0 Å². The van der Waals surface area contributed by atoms with Gasteiger partial charge >= 0.3 is 5.97 Å². The Bertz CT molecular complexity index is 470. The molecule has 0 spiro atoms. The molecule has 0 aliphatic heterocycles. The Morgan fingerprint density at radius 3 is 2.29 bits per heavy atom. The van der Waals surface area contributed by atoms with Crippen molar-refractivity contribution >= 4 is 11.9 Å². The number of hydrogen-bond acceptors (Lipinski definition) is 3. The summed E-state index contributed by atoms with van der Waals surface area (Å²) in [5.41, 5.74) is 1.04. The van der Waals surface area contributed by atoms with Crippen molar-refractivity contribution in [2.45, 2.75) is 38.6 Å². The highest BCUT2D eigenvalue weighted by molar-refractivity contribution is 5.76. The van der Waals surface area contributed by atoms with Gasteiger partial charge in [0.1, 0.15) is 5.75 Å². The second-order valence-electron chi connectivity index (χ2n) is 5.05. The van der Waals surface area contributed by atoms with Crippen LogP contribution >= 0.6 is 0 Å². The number of methoxy groups -OCH3 is 1. The summed E-state index contributed by atoms with van der Waals surface area (Å²) in [6.45, 7) is 1.97. The SMILES string of the molecule is COc1ccc(C(C)N(C)C(=O)CCCCC(=O)O)cc1. The number of ether oxygens (including phenoxy) is 1. The number of carbonyl (C=O) groups excluding carboxylic acids is 1. The molecule has 0 aliphatic rings. The average Bonchev–Trinajstić information content (AvgIpc) is 2.49. The topological polar surface area (TPSA) is 66.8 Å². The van der Waals surface area contributed by atoms with E-state index in [1.165, 1.54) is 0 Å². The van der Waals surface area contributed by atoms with Crippen molar-refractivity contribution in [1.29, 1.82) is 0 Å². The van der Waals surface area contributed by atoms with Crippen LogP contribution in [0.25, 0.3) is 0 Å². The molecule has 0 aliphatic carbocycles. The van der Waals surface area contributed by atoms with Crippen molar-refractivity contribution in [1.82, 2.24) is 4.90 Å². The van der Waals surface area contributed by atoms with Gasteiger partial charge in [0.2, 0.25) is 5.91 Å². The van der Waals surface area contributed by atoms with Crippen LogP contribution in [0.2, 0.25) is 0 Å². The predicted molar refractivity (Wildman–Crippen MR) is 80.3 cm³/mol. The fraction of sp³-hybridized carbons (Fsp3) is 0.500. The third-order valence-corrected chi connectivity index (χ3v) is 3.60. The van der Waals surface area contributed by atoms with Crippen LogP contribution in [0.4, 0.5) is 0 Å². The highest BCUT2D eigenvalue weighted by atomic mass is 16.5. The molecule has 1 atom stereocenters. The molecule has 5 nitrogen and oxygen atoms in total. The number of aliphatic carboxylic acids is 1. The third kappa shape index (κ3) is 5.45. The number of amides is 1. The highest BCUT2D eigenvalue weighted by Crippen LogP contribution is 2.22. The van der Waals surface area contributed by atoms with Gasteiger partial charge in [-0.25, -0.2) is 0 Å². The van der Waals surface area contributed by atoms with E-state index in [1.807, 2.05) is 31.2 Å². The molecule has 1 aromatic rings. The molecule has 0 bridgehead atoms. The molecular formula is C16H23NO4. The van der Waals surface area contributed by atoms with Crippen molar-refractivity contribution in [2.24, 2.45) is 0 Å². The van der Waals surface area contributed by atoms with Crippen LogP contribution in [-0.2, 0) is 9.59 Å². The van der Waals surface area contributed by atoms with Gasteiger partial charge in [-0.2, -0.15) is 0 Å². The Labute approximate surface area is 125 Å². The largest absolute Gasteiger partial charge is 0.497 e. The van der Waals surface area contributed by atoms with E-state index in [9.17, 15) is 9.59 Å². The second kappa shape index (κ2) is 8.29. The van der Waals surface area contributed by atoms with E-state index in [4.69, 9.17) is 9.84 Å². The van der Waals surface area contributed by atoms with Gasteiger partial charge in [0.25, 0.3) is 0 Å². The molecular weight excluding hydrogens is 270 g/mol. The number of rotatable bonds is 8. The quantitative estimate of drug-likeness (QED) is 0.748. The highest BCUT2D eigenvalue weighted by Gasteiger charge is 2.17. The summed E-state index contributed by atoms with van der Waals surface area (Å²) >= 11 is 0. The summed E-state index contributed by atoms with van der Waals surface area (Å²) in [5.74, 6) is -0.000267. The monoisotopic (exact) mass is 293 g/mol. The van der Waals surface area contributed by atoms with Crippen LogP contribution < -0.4 is 4.74 Å². The van der Waals surface area contributed by atoms with Gasteiger partial charge in [-0.3, -0.25) is 9.59 Å². The smallest absolute Gasteiger partial charge is 0.303 e. The molecule has 0 aromatic heterocycles. The molecule has 1 rings (SSSR count). The lowest BCUT2D eigenvalue weighted by Crippen LogP contribution is -2.29. The zero-order valence-corrected chi connectivity index (χ0v) is 12.8. The van der Waals surface area contributed by atoms with Crippen molar-refractivity contribution in [3.8, 4) is 5.75 Å².